The number of fused-ring (bicyclic) bond motifs is 1. The van der Waals surface area contributed by atoms with Gasteiger partial charge in [-0.15, -0.1) is 0 Å². The zero-order chi connectivity index (χ0) is 8.55. The fourth-order valence-electron chi connectivity index (χ4n) is 1.26. The molecule has 0 amide bonds. The van der Waals surface area contributed by atoms with E-state index in [4.69, 9.17) is 0 Å². The highest BCUT2D eigenvalue weighted by atomic mass is 19.1. The summed E-state index contributed by atoms with van der Waals surface area (Å²) in [4.78, 5) is 4.05. The third-order valence-corrected chi connectivity index (χ3v) is 1.87. The zero-order valence-corrected chi connectivity index (χ0v) is 6.71. The van der Waals surface area contributed by atoms with Gasteiger partial charge in [0.2, 0.25) is 0 Å². The van der Waals surface area contributed by atoms with Crippen LogP contribution < -0.4 is 0 Å². The van der Waals surface area contributed by atoms with Gasteiger partial charge in [-0.25, -0.2) is 9.37 Å². The molecule has 61 valence electrons. The highest BCUT2D eigenvalue weighted by Gasteiger charge is 2.05. The van der Waals surface area contributed by atoms with E-state index in [1.54, 1.807) is 23.0 Å². The molecular formula is C9H8FN2. The lowest BCUT2D eigenvalue weighted by atomic mass is 10.3. The lowest BCUT2D eigenvalue weighted by Gasteiger charge is -1.98. The first-order valence-electron chi connectivity index (χ1n) is 3.84. The first kappa shape index (κ1) is 7.28. The molecular weight excluding hydrogens is 155 g/mol. The molecule has 0 N–H and O–H groups in total. The van der Waals surface area contributed by atoms with Crippen LogP contribution in [0.2, 0.25) is 0 Å². The SMILES string of the molecule is CCn1cnc2cc[c]c(F)c21. The predicted octanol–water partition coefficient (Wildman–Crippen LogP) is 2.00. The second-order valence-corrected chi connectivity index (χ2v) is 2.56. The Kier molecular flexibility index (Phi) is 1.57. The van der Waals surface area contributed by atoms with Crippen LogP contribution in [0, 0.1) is 11.9 Å². The van der Waals surface area contributed by atoms with Crippen LogP contribution in [0.1, 0.15) is 6.92 Å². The van der Waals surface area contributed by atoms with Crippen LogP contribution in [0.5, 0.6) is 0 Å². The second kappa shape index (κ2) is 2.59. The molecule has 12 heavy (non-hydrogen) atoms. The largest absolute Gasteiger partial charge is 0.328 e. The third kappa shape index (κ3) is 0.897. The molecule has 1 aromatic heterocycles. The molecule has 0 aliphatic rings. The van der Waals surface area contributed by atoms with Gasteiger partial charge in [-0.05, 0) is 19.1 Å². The maximum atomic E-state index is 13.2. The van der Waals surface area contributed by atoms with E-state index in [1.165, 1.54) is 0 Å². The van der Waals surface area contributed by atoms with E-state index in [9.17, 15) is 4.39 Å². The quantitative estimate of drug-likeness (QED) is 0.628. The van der Waals surface area contributed by atoms with Crippen LogP contribution in [0.15, 0.2) is 18.5 Å². The Balaban J connectivity index is 2.83. The summed E-state index contributed by atoms with van der Waals surface area (Å²) < 4.78 is 14.9. The van der Waals surface area contributed by atoms with E-state index >= 15 is 0 Å². The van der Waals surface area contributed by atoms with Gasteiger partial charge in [0.15, 0.2) is 5.82 Å². The number of hydrogen-bond acceptors (Lipinski definition) is 1. The normalized spacial score (nSPS) is 10.8. The van der Waals surface area contributed by atoms with Gasteiger partial charge < -0.3 is 4.57 Å². The minimum atomic E-state index is -0.327. The highest BCUT2D eigenvalue weighted by Crippen LogP contribution is 2.15. The number of aryl methyl sites for hydroxylation is 1. The van der Waals surface area contributed by atoms with E-state index in [-0.39, 0.29) is 5.82 Å². The molecule has 0 unspecified atom stereocenters. The average Bonchev–Trinajstić information content (AvgIpc) is 2.49. The zero-order valence-electron chi connectivity index (χ0n) is 6.71. The van der Waals surface area contributed by atoms with Crippen molar-refractivity contribution in [2.24, 2.45) is 0 Å². The van der Waals surface area contributed by atoms with E-state index < -0.39 is 0 Å². The monoisotopic (exact) mass is 163 g/mol. The van der Waals surface area contributed by atoms with Crippen LogP contribution in [0.4, 0.5) is 4.39 Å². The Morgan fingerprint density at radius 3 is 3.25 bits per heavy atom. The van der Waals surface area contributed by atoms with Gasteiger partial charge in [0.1, 0.15) is 5.52 Å². The van der Waals surface area contributed by atoms with Gasteiger partial charge >= 0.3 is 0 Å². The first-order chi connectivity index (χ1) is 5.83. The maximum Gasteiger partial charge on any atom is 0.157 e. The Morgan fingerprint density at radius 2 is 2.50 bits per heavy atom. The van der Waals surface area contributed by atoms with Crippen LogP contribution in [0.25, 0.3) is 11.0 Å². The molecule has 0 fully saturated rings. The van der Waals surface area contributed by atoms with Crippen molar-refractivity contribution in [1.82, 2.24) is 9.55 Å². The van der Waals surface area contributed by atoms with Crippen LogP contribution >= 0.6 is 0 Å². The van der Waals surface area contributed by atoms with Crippen molar-refractivity contribution in [1.29, 1.82) is 0 Å². The van der Waals surface area contributed by atoms with Crippen LogP contribution in [-0.4, -0.2) is 9.55 Å². The van der Waals surface area contributed by atoms with Crippen molar-refractivity contribution >= 4 is 11.0 Å². The maximum absolute atomic E-state index is 13.2. The van der Waals surface area contributed by atoms with Crippen molar-refractivity contribution in [3.05, 3.63) is 30.3 Å². The topological polar surface area (TPSA) is 17.8 Å². The summed E-state index contributed by atoms with van der Waals surface area (Å²) in [6.07, 6.45) is 1.64. The minimum Gasteiger partial charge on any atom is -0.328 e. The Hall–Kier alpha value is -1.38. The molecule has 2 rings (SSSR count). The summed E-state index contributed by atoms with van der Waals surface area (Å²) in [7, 11) is 0. The number of benzene rings is 1. The third-order valence-electron chi connectivity index (χ3n) is 1.87. The van der Waals surface area contributed by atoms with E-state index in [0.29, 0.717) is 11.0 Å². The average molecular weight is 163 g/mol. The summed E-state index contributed by atoms with van der Waals surface area (Å²) in [5.41, 5.74) is 1.23. The Labute approximate surface area is 69.6 Å². The molecule has 1 heterocycles. The second-order valence-electron chi connectivity index (χ2n) is 2.56. The molecule has 1 aromatic carbocycles. The van der Waals surface area contributed by atoms with E-state index in [1.807, 2.05) is 6.92 Å². The van der Waals surface area contributed by atoms with Gasteiger partial charge in [0, 0.05) is 12.6 Å². The number of imidazole rings is 1. The fraction of sp³-hybridized carbons (Fsp3) is 0.222. The van der Waals surface area contributed by atoms with Crippen molar-refractivity contribution in [2.45, 2.75) is 13.5 Å². The number of nitrogens with zero attached hydrogens (tertiary/aromatic N) is 2. The van der Waals surface area contributed by atoms with Gasteiger partial charge in [0.25, 0.3) is 0 Å². The minimum absolute atomic E-state index is 0.327. The van der Waals surface area contributed by atoms with E-state index in [2.05, 4.69) is 11.1 Å². The number of rotatable bonds is 1. The van der Waals surface area contributed by atoms with Crippen molar-refractivity contribution in [2.75, 3.05) is 0 Å². The van der Waals surface area contributed by atoms with Gasteiger partial charge in [0.05, 0.1) is 11.8 Å². The standard InChI is InChI=1S/C9H8FN2/c1-2-12-6-11-8-5-3-4-7(10)9(8)12/h3,5-6H,2H2,1H3. The molecule has 0 aliphatic carbocycles. The molecule has 3 heteroatoms. The number of hydrogen-bond donors (Lipinski definition) is 0. The van der Waals surface area contributed by atoms with Crippen LogP contribution in [-0.2, 0) is 6.54 Å². The fourth-order valence-corrected chi connectivity index (χ4v) is 1.26. The molecule has 0 atom stereocenters. The predicted molar refractivity (Wildman–Crippen MR) is 44.2 cm³/mol. The molecule has 1 radical (unpaired) electrons. The summed E-state index contributed by atoms with van der Waals surface area (Å²) in [6.45, 7) is 2.68. The molecule has 0 saturated carbocycles. The highest BCUT2D eigenvalue weighted by molar-refractivity contribution is 5.75. The Morgan fingerprint density at radius 1 is 1.67 bits per heavy atom. The molecule has 0 aliphatic heterocycles. The summed E-state index contributed by atoms with van der Waals surface area (Å²) >= 11 is 0. The van der Waals surface area contributed by atoms with Crippen LogP contribution in [0.3, 0.4) is 0 Å². The molecule has 0 bridgehead atoms. The first-order valence-corrected chi connectivity index (χ1v) is 3.84. The summed E-state index contributed by atoms with van der Waals surface area (Å²) in [5, 5.41) is 0. The molecule has 2 aromatic rings. The van der Waals surface area contributed by atoms with E-state index in [0.717, 1.165) is 6.54 Å². The van der Waals surface area contributed by atoms with Crippen molar-refractivity contribution in [3.63, 3.8) is 0 Å². The van der Waals surface area contributed by atoms with Gasteiger partial charge in [-0.3, -0.25) is 0 Å². The lowest BCUT2D eigenvalue weighted by molar-refractivity contribution is 0.624. The smallest absolute Gasteiger partial charge is 0.157 e. The Bertz CT molecular complexity index is 406. The van der Waals surface area contributed by atoms with Crippen molar-refractivity contribution in [3.8, 4) is 0 Å². The molecule has 0 saturated heterocycles. The number of aromatic nitrogens is 2. The van der Waals surface area contributed by atoms with Crippen molar-refractivity contribution < 1.29 is 4.39 Å². The summed E-state index contributed by atoms with van der Waals surface area (Å²) in [5.74, 6) is -0.327. The number of halogens is 1. The lowest BCUT2D eigenvalue weighted by Crippen LogP contribution is -1.92. The molecule has 0 spiro atoms. The molecule has 2 nitrogen and oxygen atoms in total. The van der Waals surface area contributed by atoms with Gasteiger partial charge in [-0.1, -0.05) is 0 Å². The summed E-state index contributed by atoms with van der Waals surface area (Å²) in [6, 6.07) is 5.81. The van der Waals surface area contributed by atoms with Gasteiger partial charge in [-0.2, -0.15) is 0 Å².